The smallest absolute Gasteiger partial charge is 0.253 e. The van der Waals surface area contributed by atoms with Crippen LogP contribution in [-0.2, 0) is 16.6 Å². The van der Waals surface area contributed by atoms with E-state index in [2.05, 4.69) is 36.9 Å². The molecule has 0 aromatic heterocycles. The Labute approximate surface area is 212 Å². The molecule has 0 N–H and O–H groups in total. The van der Waals surface area contributed by atoms with E-state index in [0.717, 1.165) is 18.7 Å². The second kappa shape index (κ2) is 10.3. The molecule has 1 aliphatic heterocycles. The van der Waals surface area contributed by atoms with Gasteiger partial charge in [0.1, 0.15) is 0 Å². The summed E-state index contributed by atoms with van der Waals surface area (Å²) in [4.78, 5) is 17.3. The number of benzene rings is 3. The van der Waals surface area contributed by atoms with Gasteiger partial charge in [0.25, 0.3) is 5.91 Å². The number of carbonyl (C=O) groups excluding carboxylic acids is 1. The summed E-state index contributed by atoms with van der Waals surface area (Å²) in [5.41, 5.74) is 5.67. The van der Waals surface area contributed by atoms with Gasteiger partial charge in [-0.2, -0.15) is 0 Å². The van der Waals surface area contributed by atoms with Gasteiger partial charge in [0.05, 0.1) is 18.5 Å². The largest absolute Gasteiger partial charge is 0.368 e. The minimum absolute atomic E-state index is 0.00743. The number of amides is 1. The predicted octanol–water partition coefficient (Wildman–Crippen LogP) is 4.89. The lowest BCUT2D eigenvalue weighted by Gasteiger charge is -2.37. The van der Waals surface area contributed by atoms with Crippen LogP contribution in [0.2, 0.25) is 5.02 Å². The summed E-state index contributed by atoms with van der Waals surface area (Å²) in [6.45, 7) is 7.30. The van der Waals surface area contributed by atoms with Crippen LogP contribution in [0.25, 0.3) is 0 Å². The minimum Gasteiger partial charge on any atom is -0.368 e. The van der Waals surface area contributed by atoms with Crippen LogP contribution in [0.1, 0.15) is 27.0 Å². The van der Waals surface area contributed by atoms with E-state index in [4.69, 9.17) is 11.6 Å². The van der Waals surface area contributed by atoms with Crippen LogP contribution in [0.3, 0.4) is 0 Å². The second-order valence-electron chi connectivity index (χ2n) is 8.94. The molecular formula is C27H30ClN3O3S. The summed E-state index contributed by atoms with van der Waals surface area (Å²) in [7, 11) is -3.52. The van der Waals surface area contributed by atoms with Gasteiger partial charge in [-0.15, -0.1) is 0 Å². The molecule has 35 heavy (non-hydrogen) atoms. The molecule has 1 aliphatic rings. The number of hydrogen-bond donors (Lipinski definition) is 0. The Hall–Kier alpha value is -3.03. The molecule has 1 saturated heterocycles. The number of rotatable bonds is 6. The summed E-state index contributed by atoms with van der Waals surface area (Å²) < 4.78 is 26.1. The van der Waals surface area contributed by atoms with E-state index >= 15 is 0 Å². The van der Waals surface area contributed by atoms with Crippen molar-refractivity contribution in [3.8, 4) is 0 Å². The van der Waals surface area contributed by atoms with Gasteiger partial charge in [-0.25, -0.2) is 8.42 Å². The van der Waals surface area contributed by atoms with Gasteiger partial charge in [-0.05, 0) is 66.9 Å². The SMILES string of the molecule is Cc1cccc(N2CCN(C(=O)c3ccc(CN(c4cccc(Cl)c4)S(C)(=O)=O)cc3)CC2)c1C. The maximum Gasteiger partial charge on any atom is 0.253 e. The molecule has 1 heterocycles. The van der Waals surface area contributed by atoms with Gasteiger partial charge in [-0.3, -0.25) is 9.10 Å². The Bertz CT molecular complexity index is 1320. The van der Waals surface area contributed by atoms with E-state index in [1.165, 1.54) is 27.4 Å². The summed E-state index contributed by atoms with van der Waals surface area (Å²) in [6.07, 6.45) is 1.17. The number of sulfonamides is 1. The van der Waals surface area contributed by atoms with Gasteiger partial charge < -0.3 is 9.80 Å². The number of hydrogen-bond acceptors (Lipinski definition) is 4. The highest BCUT2D eigenvalue weighted by Gasteiger charge is 2.24. The van der Waals surface area contributed by atoms with Gasteiger partial charge >= 0.3 is 0 Å². The zero-order chi connectivity index (χ0) is 25.2. The lowest BCUT2D eigenvalue weighted by atomic mass is 10.1. The molecule has 0 aliphatic carbocycles. The minimum atomic E-state index is -3.52. The monoisotopic (exact) mass is 511 g/mol. The fourth-order valence-corrected chi connectivity index (χ4v) is 5.43. The van der Waals surface area contributed by atoms with E-state index in [9.17, 15) is 13.2 Å². The summed E-state index contributed by atoms with van der Waals surface area (Å²) in [5.74, 6) is -0.00743. The molecule has 1 amide bonds. The van der Waals surface area contributed by atoms with Crippen LogP contribution < -0.4 is 9.21 Å². The summed E-state index contributed by atoms with van der Waals surface area (Å²) in [6, 6.07) is 20.2. The number of halogens is 1. The first kappa shape index (κ1) is 25.1. The molecular weight excluding hydrogens is 482 g/mol. The van der Waals surface area contributed by atoms with Gasteiger partial charge in [0.2, 0.25) is 10.0 Å². The molecule has 0 bridgehead atoms. The van der Waals surface area contributed by atoms with E-state index in [-0.39, 0.29) is 12.5 Å². The van der Waals surface area contributed by atoms with Crippen LogP contribution in [0.4, 0.5) is 11.4 Å². The quantitative estimate of drug-likeness (QED) is 0.473. The van der Waals surface area contributed by atoms with Crippen molar-refractivity contribution < 1.29 is 13.2 Å². The molecule has 0 radical (unpaired) electrons. The van der Waals surface area contributed by atoms with Crippen molar-refractivity contribution >= 4 is 38.9 Å². The average Bonchev–Trinajstić information content (AvgIpc) is 2.83. The highest BCUT2D eigenvalue weighted by atomic mass is 35.5. The number of piperazine rings is 1. The van der Waals surface area contributed by atoms with Gasteiger partial charge in [0, 0.05) is 42.5 Å². The Morgan fingerprint density at radius 2 is 1.60 bits per heavy atom. The molecule has 184 valence electrons. The predicted molar refractivity (Wildman–Crippen MR) is 143 cm³/mol. The van der Waals surface area contributed by atoms with Crippen molar-refractivity contribution in [1.29, 1.82) is 0 Å². The molecule has 3 aromatic carbocycles. The fraction of sp³-hybridized carbons (Fsp3) is 0.296. The Balaban J connectivity index is 1.42. The standard InChI is InChI=1S/C27H30ClN3O3S/c1-20-6-4-9-26(21(20)2)29-14-16-30(17-15-29)27(32)23-12-10-22(11-13-23)19-31(35(3,33)34)25-8-5-7-24(28)18-25/h4-13,18H,14-17,19H2,1-3H3. The second-order valence-corrected chi connectivity index (χ2v) is 11.3. The lowest BCUT2D eigenvalue weighted by Crippen LogP contribution is -2.49. The number of aryl methyl sites for hydroxylation is 1. The molecule has 0 spiro atoms. The zero-order valence-electron chi connectivity index (χ0n) is 20.2. The Morgan fingerprint density at radius 3 is 2.23 bits per heavy atom. The first-order valence-corrected chi connectivity index (χ1v) is 13.8. The topological polar surface area (TPSA) is 60.9 Å². The fourth-order valence-electron chi connectivity index (χ4n) is 4.36. The number of carbonyl (C=O) groups is 1. The normalized spacial score (nSPS) is 14.2. The molecule has 4 rings (SSSR count). The molecule has 6 nitrogen and oxygen atoms in total. The molecule has 0 atom stereocenters. The van der Waals surface area contributed by atoms with E-state index in [1.54, 1.807) is 36.4 Å². The third-order valence-corrected chi connectivity index (χ3v) is 7.88. The molecule has 1 fully saturated rings. The van der Waals surface area contributed by atoms with Crippen LogP contribution in [0.5, 0.6) is 0 Å². The maximum absolute atomic E-state index is 13.1. The highest BCUT2D eigenvalue weighted by molar-refractivity contribution is 7.92. The van der Waals surface area contributed by atoms with E-state index in [0.29, 0.717) is 29.4 Å². The van der Waals surface area contributed by atoms with Crippen molar-refractivity contribution in [2.75, 3.05) is 41.6 Å². The molecule has 0 saturated carbocycles. The van der Waals surface area contributed by atoms with Crippen LogP contribution in [0.15, 0.2) is 66.7 Å². The van der Waals surface area contributed by atoms with Crippen molar-refractivity contribution in [1.82, 2.24) is 4.90 Å². The average molecular weight is 512 g/mol. The van der Waals surface area contributed by atoms with Crippen molar-refractivity contribution in [2.24, 2.45) is 0 Å². The molecule has 0 unspecified atom stereocenters. The van der Waals surface area contributed by atoms with Crippen molar-refractivity contribution in [3.63, 3.8) is 0 Å². The maximum atomic E-state index is 13.1. The molecule has 3 aromatic rings. The highest BCUT2D eigenvalue weighted by Crippen LogP contribution is 2.26. The lowest BCUT2D eigenvalue weighted by molar-refractivity contribution is 0.0746. The first-order valence-electron chi connectivity index (χ1n) is 11.6. The van der Waals surface area contributed by atoms with Crippen molar-refractivity contribution in [2.45, 2.75) is 20.4 Å². The zero-order valence-corrected chi connectivity index (χ0v) is 21.8. The first-order chi connectivity index (χ1) is 16.6. The summed E-state index contributed by atoms with van der Waals surface area (Å²) >= 11 is 6.06. The number of anilines is 2. The van der Waals surface area contributed by atoms with Crippen LogP contribution >= 0.6 is 11.6 Å². The van der Waals surface area contributed by atoms with E-state index < -0.39 is 10.0 Å². The van der Waals surface area contributed by atoms with Gasteiger partial charge in [0.15, 0.2) is 0 Å². The van der Waals surface area contributed by atoms with Gasteiger partial charge in [-0.1, -0.05) is 41.9 Å². The Morgan fingerprint density at radius 1 is 0.943 bits per heavy atom. The third kappa shape index (κ3) is 5.80. The molecule has 8 heteroatoms. The van der Waals surface area contributed by atoms with Crippen LogP contribution in [0, 0.1) is 13.8 Å². The Kier molecular flexibility index (Phi) is 7.38. The van der Waals surface area contributed by atoms with Crippen molar-refractivity contribution in [3.05, 3.63) is 94.0 Å². The van der Waals surface area contributed by atoms with E-state index in [1.807, 2.05) is 17.0 Å². The third-order valence-electron chi connectivity index (χ3n) is 6.51. The van der Waals surface area contributed by atoms with Crippen LogP contribution in [-0.4, -0.2) is 51.7 Å². The number of nitrogens with zero attached hydrogens (tertiary/aromatic N) is 3. The summed E-state index contributed by atoms with van der Waals surface area (Å²) in [5, 5.41) is 0.467.